The molecule has 7 heteroatoms. The molecule has 0 saturated carbocycles. The molecular weight excluding hydrogens is 404 g/mol. The molecule has 2 aromatic rings. The van der Waals surface area contributed by atoms with Gasteiger partial charge in [0.05, 0.1) is 5.41 Å². The zero-order chi connectivity index (χ0) is 21.4. The standard InChI is InChI=1S/C23H27ClN2O4/c1-2-17-7-9-19(10-8-17)26-22(28)30-16-23(11-13-29-14-12-23)21(27)25-15-18-5-3-4-6-20(18)24/h3-10H,2,11-16H2,1H3,(H,25,27)(H,26,28). The van der Waals surface area contributed by atoms with E-state index in [-0.39, 0.29) is 12.5 Å². The second-order valence-electron chi connectivity index (χ2n) is 7.42. The van der Waals surface area contributed by atoms with E-state index in [0.29, 0.717) is 43.3 Å². The first kappa shape index (κ1) is 22.1. The summed E-state index contributed by atoms with van der Waals surface area (Å²) in [6.07, 6.45) is 1.32. The molecule has 160 valence electrons. The molecule has 6 nitrogen and oxygen atoms in total. The van der Waals surface area contributed by atoms with Gasteiger partial charge in [0.15, 0.2) is 0 Å². The zero-order valence-corrected chi connectivity index (χ0v) is 17.8. The van der Waals surface area contributed by atoms with E-state index in [0.717, 1.165) is 12.0 Å². The van der Waals surface area contributed by atoms with Gasteiger partial charge in [0, 0.05) is 30.5 Å². The van der Waals surface area contributed by atoms with E-state index >= 15 is 0 Å². The van der Waals surface area contributed by atoms with E-state index < -0.39 is 11.5 Å². The Bertz CT molecular complexity index is 864. The van der Waals surface area contributed by atoms with Gasteiger partial charge in [-0.25, -0.2) is 4.79 Å². The van der Waals surface area contributed by atoms with Crippen LogP contribution in [-0.4, -0.2) is 31.8 Å². The van der Waals surface area contributed by atoms with Gasteiger partial charge in [0.2, 0.25) is 5.91 Å². The van der Waals surface area contributed by atoms with Gasteiger partial charge in [-0.1, -0.05) is 48.9 Å². The fourth-order valence-corrected chi connectivity index (χ4v) is 3.59. The summed E-state index contributed by atoms with van der Waals surface area (Å²) in [4.78, 5) is 25.3. The molecule has 30 heavy (non-hydrogen) atoms. The predicted octanol–water partition coefficient (Wildman–Crippen LogP) is 4.56. The number of aryl methyl sites for hydroxylation is 1. The maximum absolute atomic E-state index is 13.0. The Morgan fingerprint density at radius 2 is 1.80 bits per heavy atom. The molecule has 2 amide bonds. The summed E-state index contributed by atoms with van der Waals surface area (Å²) in [7, 11) is 0. The van der Waals surface area contributed by atoms with E-state index in [9.17, 15) is 9.59 Å². The molecule has 0 aliphatic carbocycles. The molecule has 3 rings (SSSR count). The molecule has 1 aliphatic heterocycles. The molecule has 1 saturated heterocycles. The largest absolute Gasteiger partial charge is 0.448 e. The normalized spacial score (nSPS) is 15.3. The van der Waals surface area contributed by atoms with Crippen molar-refractivity contribution in [1.29, 1.82) is 0 Å². The lowest BCUT2D eigenvalue weighted by molar-refractivity contribution is -0.140. The number of rotatable bonds is 7. The highest BCUT2D eigenvalue weighted by atomic mass is 35.5. The van der Waals surface area contributed by atoms with Crippen LogP contribution in [0.3, 0.4) is 0 Å². The smallest absolute Gasteiger partial charge is 0.411 e. The van der Waals surface area contributed by atoms with E-state index in [1.54, 1.807) is 6.07 Å². The summed E-state index contributed by atoms with van der Waals surface area (Å²) in [5.74, 6) is -0.161. The Kier molecular flexibility index (Phi) is 7.71. The summed E-state index contributed by atoms with van der Waals surface area (Å²) < 4.78 is 10.9. The van der Waals surface area contributed by atoms with Gasteiger partial charge >= 0.3 is 6.09 Å². The SMILES string of the molecule is CCc1ccc(NC(=O)OCC2(C(=O)NCc3ccccc3Cl)CCOCC2)cc1. The molecule has 0 bridgehead atoms. The van der Waals surface area contributed by atoms with Crippen molar-refractivity contribution in [2.45, 2.75) is 32.7 Å². The molecule has 0 unspecified atom stereocenters. The molecular formula is C23H27ClN2O4. The van der Waals surface area contributed by atoms with E-state index in [4.69, 9.17) is 21.1 Å². The van der Waals surface area contributed by atoms with Crippen molar-refractivity contribution in [1.82, 2.24) is 5.32 Å². The second-order valence-corrected chi connectivity index (χ2v) is 7.83. The van der Waals surface area contributed by atoms with Crippen LogP contribution in [0.1, 0.15) is 30.9 Å². The first-order valence-electron chi connectivity index (χ1n) is 10.1. The summed E-state index contributed by atoms with van der Waals surface area (Å²) >= 11 is 6.18. The number of carbonyl (C=O) groups excluding carboxylic acids is 2. The number of halogens is 1. The van der Waals surface area contributed by atoms with Crippen LogP contribution in [0.25, 0.3) is 0 Å². The van der Waals surface area contributed by atoms with Gasteiger partial charge in [0.1, 0.15) is 6.61 Å². The van der Waals surface area contributed by atoms with E-state index in [1.807, 2.05) is 42.5 Å². The first-order valence-corrected chi connectivity index (χ1v) is 10.5. The van der Waals surface area contributed by atoms with Crippen molar-refractivity contribution >= 4 is 29.3 Å². The van der Waals surface area contributed by atoms with Crippen molar-refractivity contribution in [3.05, 3.63) is 64.7 Å². The topological polar surface area (TPSA) is 76.7 Å². The lowest BCUT2D eigenvalue weighted by Crippen LogP contribution is -2.48. The second kappa shape index (κ2) is 10.5. The fourth-order valence-electron chi connectivity index (χ4n) is 3.39. The fraction of sp³-hybridized carbons (Fsp3) is 0.391. The number of nitrogens with one attached hydrogen (secondary N) is 2. The number of carbonyl (C=O) groups is 2. The van der Waals surface area contributed by atoms with Crippen molar-refractivity contribution in [2.75, 3.05) is 25.1 Å². The first-order chi connectivity index (χ1) is 14.5. The van der Waals surface area contributed by atoms with Crippen LogP contribution in [0.4, 0.5) is 10.5 Å². The summed E-state index contributed by atoms with van der Waals surface area (Å²) in [5.41, 5.74) is 1.86. The highest BCUT2D eigenvalue weighted by Crippen LogP contribution is 2.32. The van der Waals surface area contributed by atoms with Crippen molar-refractivity contribution in [3.63, 3.8) is 0 Å². The third-order valence-corrected chi connectivity index (χ3v) is 5.79. The summed E-state index contributed by atoms with van der Waals surface area (Å²) in [6, 6.07) is 14.9. The zero-order valence-electron chi connectivity index (χ0n) is 17.1. The molecule has 0 atom stereocenters. The Labute approximate surface area is 181 Å². The van der Waals surface area contributed by atoms with Crippen LogP contribution in [0.15, 0.2) is 48.5 Å². The van der Waals surface area contributed by atoms with Gasteiger partial charge in [0.25, 0.3) is 0 Å². The average molecular weight is 431 g/mol. The number of amides is 2. The van der Waals surface area contributed by atoms with Gasteiger partial charge in [-0.15, -0.1) is 0 Å². The summed E-state index contributed by atoms with van der Waals surface area (Å²) in [5, 5.41) is 6.26. The minimum absolute atomic E-state index is 0.0103. The number of anilines is 1. The molecule has 1 fully saturated rings. The molecule has 0 spiro atoms. The minimum atomic E-state index is -0.817. The van der Waals surface area contributed by atoms with E-state index in [1.165, 1.54) is 5.56 Å². The van der Waals surface area contributed by atoms with Crippen LogP contribution < -0.4 is 10.6 Å². The van der Waals surface area contributed by atoms with Crippen LogP contribution in [0.2, 0.25) is 5.02 Å². The molecule has 1 aliphatic rings. The monoisotopic (exact) mass is 430 g/mol. The number of ether oxygens (including phenoxy) is 2. The highest BCUT2D eigenvalue weighted by Gasteiger charge is 2.41. The number of hydrogen-bond acceptors (Lipinski definition) is 4. The Balaban J connectivity index is 1.59. The molecule has 1 heterocycles. The van der Waals surface area contributed by atoms with Crippen molar-refractivity contribution in [2.24, 2.45) is 5.41 Å². The quantitative estimate of drug-likeness (QED) is 0.674. The lowest BCUT2D eigenvalue weighted by Gasteiger charge is -2.35. The molecule has 2 N–H and O–H groups in total. The Morgan fingerprint density at radius 3 is 2.47 bits per heavy atom. The van der Waals surface area contributed by atoms with Gasteiger partial charge in [-0.2, -0.15) is 0 Å². The molecule has 0 aromatic heterocycles. The van der Waals surface area contributed by atoms with Crippen LogP contribution in [0.5, 0.6) is 0 Å². The van der Waals surface area contributed by atoms with Crippen LogP contribution >= 0.6 is 11.6 Å². The predicted molar refractivity (Wildman–Crippen MR) is 117 cm³/mol. The van der Waals surface area contributed by atoms with Gasteiger partial charge in [-0.05, 0) is 48.6 Å². The highest BCUT2D eigenvalue weighted by molar-refractivity contribution is 6.31. The van der Waals surface area contributed by atoms with Crippen molar-refractivity contribution in [3.8, 4) is 0 Å². The number of hydrogen-bond donors (Lipinski definition) is 2. The third-order valence-electron chi connectivity index (χ3n) is 5.42. The molecule has 2 aromatic carbocycles. The van der Waals surface area contributed by atoms with E-state index in [2.05, 4.69) is 17.6 Å². The van der Waals surface area contributed by atoms with Gasteiger partial charge < -0.3 is 14.8 Å². The summed E-state index contributed by atoms with van der Waals surface area (Å²) in [6.45, 7) is 3.27. The van der Waals surface area contributed by atoms with Crippen LogP contribution in [0, 0.1) is 5.41 Å². The minimum Gasteiger partial charge on any atom is -0.448 e. The maximum atomic E-state index is 13.0. The maximum Gasteiger partial charge on any atom is 0.411 e. The Hall–Kier alpha value is -2.57. The van der Waals surface area contributed by atoms with Crippen molar-refractivity contribution < 1.29 is 19.1 Å². The lowest BCUT2D eigenvalue weighted by atomic mass is 9.80. The van der Waals surface area contributed by atoms with Crippen LogP contribution in [-0.2, 0) is 27.2 Å². The average Bonchev–Trinajstić information content (AvgIpc) is 2.78. The molecule has 0 radical (unpaired) electrons. The number of benzene rings is 2. The third kappa shape index (κ3) is 5.74. The van der Waals surface area contributed by atoms with Gasteiger partial charge in [-0.3, -0.25) is 10.1 Å². The Morgan fingerprint density at radius 1 is 1.10 bits per heavy atom.